The molecule has 0 aliphatic carbocycles. The fourth-order valence-electron chi connectivity index (χ4n) is 0.968. The van der Waals surface area contributed by atoms with E-state index in [-0.39, 0.29) is 5.50 Å². The smallest absolute Gasteiger partial charge is 0.109 e. The van der Waals surface area contributed by atoms with Gasteiger partial charge in [-0.05, 0) is 0 Å². The molecule has 1 aliphatic rings. The minimum atomic E-state index is 0.0208. The van der Waals surface area contributed by atoms with E-state index in [9.17, 15) is 0 Å². The van der Waals surface area contributed by atoms with Gasteiger partial charge in [-0.2, -0.15) is 0 Å². The van der Waals surface area contributed by atoms with Crippen molar-refractivity contribution in [1.29, 1.82) is 0 Å². The first-order valence-corrected chi connectivity index (χ1v) is 4.33. The summed E-state index contributed by atoms with van der Waals surface area (Å²) in [4.78, 5) is 2.12. The molecule has 1 fully saturated rings. The molecule has 4 heteroatoms. The van der Waals surface area contributed by atoms with Crippen LogP contribution in [0.1, 0.15) is 0 Å². The van der Waals surface area contributed by atoms with Gasteiger partial charge in [0.1, 0.15) is 5.50 Å². The van der Waals surface area contributed by atoms with E-state index >= 15 is 0 Å². The number of ether oxygens (including phenoxy) is 1. The van der Waals surface area contributed by atoms with Crippen LogP contribution in [0.4, 0.5) is 0 Å². The second-order valence-corrected chi connectivity index (χ2v) is 3.12. The first-order valence-electron chi connectivity index (χ1n) is 3.36. The third-order valence-electron chi connectivity index (χ3n) is 1.55. The summed E-state index contributed by atoms with van der Waals surface area (Å²) >= 11 is 11.5. The third-order valence-corrected chi connectivity index (χ3v) is 2.12. The molecular formula is C6H11Cl2NO. The lowest BCUT2D eigenvalue weighted by Crippen LogP contribution is -2.42. The van der Waals surface area contributed by atoms with E-state index in [0.717, 1.165) is 19.7 Å². The van der Waals surface area contributed by atoms with Crippen molar-refractivity contribution in [3.63, 3.8) is 0 Å². The lowest BCUT2D eigenvalue weighted by molar-refractivity contribution is 0.0252. The number of morpholine rings is 1. The molecule has 1 rings (SSSR count). The predicted molar refractivity (Wildman–Crippen MR) is 42.8 cm³/mol. The molecule has 1 aliphatic heterocycles. The van der Waals surface area contributed by atoms with Crippen molar-refractivity contribution < 1.29 is 4.74 Å². The molecular weight excluding hydrogens is 173 g/mol. The summed E-state index contributed by atoms with van der Waals surface area (Å²) < 4.78 is 5.14. The monoisotopic (exact) mass is 183 g/mol. The molecule has 1 atom stereocenters. The van der Waals surface area contributed by atoms with Crippen LogP contribution in [-0.4, -0.2) is 42.6 Å². The van der Waals surface area contributed by atoms with Crippen molar-refractivity contribution in [2.75, 3.05) is 32.2 Å². The Morgan fingerprint density at radius 2 is 2.40 bits per heavy atom. The van der Waals surface area contributed by atoms with E-state index in [2.05, 4.69) is 4.90 Å². The Hall–Kier alpha value is 0.500. The molecule has 1 unspecified atom stereocenters. The van der Waals surface area contributed by atoms with Crippen LogP contribution in [-0.2, 0) is 4.74 Å². The highest BCUT2D eigenvalue weighted by molar-refractivity contribution is 6.20. The van der Waals surface area contributed by atoms with Crippen LogP contribution in [0.25, 0.3) is 0 Å². The molecule has 0 radical (unpaired) electrons. The Bertz CT molecular complexity index is 99.7. The molecule has 0 amide bonds. The van der Waals surface area contributed by atoms with Crippen LogP contribution in [0, 0.1) is 0 Å². The predicted octanol–water partition coefficient (Wildman–Crippen LogP) is 1.12. The Balaban J connectivity index is 2.25. The van der Waals surface area contributed by atoms with Gasteiger partial charge >= 0.3 is 0 Å². The second kappa shape index (κ2) is 4.39. The molecule has 1 saturated heterocycles. The van der Waals surface area contributed by atoms with Crippen molar-refractivity contribution in [3.8, 4) is 0 Å². The molecule has 10 heavy (non-hydrogen) atoms. The third kappa shape index (κ3) is 2.27. The maximum atomic E-state index is 5.90. The highest BCUT2D eigenvalue weighted by Gasteiger charge is 2.18. The maximum absolute atomic E-state index is 5.90. The molecule has 0 aromatic carbocycles. The fourth-order valence-corrected chi connectivity index (χ4v) is 1.47. The SMILES string of the molecule is ClCCN1CCOCC1Cl. The summed E-state index contributed by atoms with van der Waals surface area (Å²) in [6.45, 7) is 3.17. The topological polar surface area (TPSA) is 12.5 Å². The lowest BCUT2D eigenvalue weighted by atomic mass is 10.4. The Morgan fingerprint density at radius 3 is 3.00 bits per heavy atom. The van der Waals surface area contributed by atoms with E-state index in [4.69, 9.17) is 27.9 Å². The summed E-state index contributed by atoms with van der Waals surface area (Å²) in [6, 6.07) is 0. The zero-order chi connectivity index (χ0) is 7.40. The molecule has 0 bridgehead atoms. The van der Waals surface area contributed by atoms with Crippen molar-refractivity contribution in [2.24, 2.45) is 0 Å². The van der Waals surface area contributed by atoms with Crippen LogP contribution in [0.2, 0.25) is 0 Å². The maximum Gasteiger partial charge on any atom is 0.109 e. The minimum Gasteiger partial charge on any atom is -0.377 e. The number of hydrogen-bond acceptors (Lipinski definition) is 2. The highest BCUT2D eigenvalue weighted by atomic mass is 35.5. The van der Waals surface area contributed by atoms with Crippen LogP contribution in [0.15, 0.2) is 0 Å². The van der Waals surface area contributed by atoms with Gasteiger partial charge in [-0.25, -0.2) is 0 Å². The molecule has 0 saturated carbocycles. The number of halogens is 2. The lowest BCUT2D eigenvalue weighted by Gasteiger charge is -2.30. The first-order chi connectivity index (χ1) is 4.84. The molecule has 0 aromatic rings. The summed E-state index contributed by atoms with van der Waals surface area (Å²) in [5.41, 5.74) is 0.0208. The van der Waals surface area contributed by atoms with E-state index in [1.54, 1.807) is 0 Å². The molecule has 0 N–H and O–H groups in total. The highest BCUT2D eigenvalue weighted by Crippen LogP contribution is 2.09. The van der Waals surface area contributed by atoms with E-state index < -0.39 is 0 Å². The summed E-state index contributed by atoms with van der Waals surface area (Å²) in [5, 5.41) is 0. The minimum absolute atomic E-state index is 0.0208. The van der Waals surface area contributed by atoms with Gasteiger partial charge in [-0.1, -0.05) is 0 Å². The molecule has 0 spiro atoms. The summed E-state index contributed by atoms with van der Waals surface area (Å²) in [5.74, 6) is 0.642. The number of hydrogen-bond donors (Lipinski definition) is 0. The van der Waals surface area contributed by atoms with Gasteiger partial charge in [0, 0.05) is 19.0 Å². The van der Waals surface area contributed by atoms with Crippen LogP contribution < -0.4 is 0 Å². The Kier molecular flexibility index (Phi) is 3.78. The zero-order valence-corrected chi connectivity index (χ0v) is 7.24. The van der Waals surface area contributed by atoms with Gasteiger partial charge in [0.25, 0.3) is 0 Å². The average molecular weight is 184 g/mol. The van der Waals surface area contributed by atoms with Crippen LogP contribution in [0.5, 0.6) is 0 Å². The zero-order valence-electron chi connectivity index (χ0n) is 5.72. The standard InChI is InChI=1S/C6H11Cl2NO/c7-1-2-9-3-4-10-5-6(9)8/h6H,1-5H2. The van der Waals surface area contributed by atoms with Gasteiger partial charge in [0.2, 0.25) is 0 Å². The average Bonchev–Trinajstić information content (AvgIpc) is 1.94. The molecule has 1 heterocycles. The number of rotatable bonds is 2. The second-order valence-electron chi connectivity index (χ2n) is 2.23. The summed E-state index contributed by atoms with van der Waals surface area (Å²) in [7, 11) is 0. The number of alkyl halides is 2. The van der Waals surface area contributed by atoms with Crippen molar-refractivity contribution in [3.05, 3.63) is 0 Å². The van der Waals surface area contributed by atoms with Gasteiger partial charge in [0.15, 0.2) is 0 Å². The van der Waals surface area contributed by atoms with E-state index in [1.807, 2.05) is 0 Å². The fraction of sp³-hybridized carbons (Fsp3) is 1.00. The van der Waals surface area contributed by atoms with Crippen LogP contribution in [0.3, 0.4) is 0 Å². The van der Waals surface area contributed by atoms with Crippen LogP contribution >= 0.6 is 23.2 Å². The van der Waals surface area contributed by atoms with Gasteiger partial charge in [-0.15, -0.1) is 23.2 Å². The first kappa shape index (κ1) is 8.60. The van der Waals surface area contributed by atoms with Crippen molar-refractivity contribution >= 4 is 23.2 Å². The molecule has 60 valence electrons. The van der Waals surface area contributed by atoms with Gasteiger partial charge < -0.3 is 4.74 Å². The van der Waals surface area contributed by atoms with Crippen molar-refractivity contribution in [2.45, 2.75) is 5.50 Å². The van der Waals surface area contributed by atoms with E-state index in [1.165, 1.54) is 0 Å². The van der Waals surface area contributed by atoms with Gasteiger partial charge in [0.05, 0.1) is 13.2 Å². The normalized spacial score (nSPS) is 28.8. The largest absolute Gasteiger partial charge is 0.377 e. The Morgan fingerprint density at radius 1 is 1.60 bits per heavy atom. The molecule has 2 nitrogen and oxygen atoms in total. The van der Waals surface area contributed by atoms with Crippen molar-refractivity contribution in [1.82, 2.24) is 4.90 Å². The Labute approximate surface area is 71.0 Å². The summed E-state index contributed by atoms with van der Waals surface area (Å²) in [6.07, 6.45) is 0. The molecule has 0 aromatic heterocycles. The van der Waals surface area contributed by atoms with E-state index in [0.29, 0.717) is 12.5 Å². The van der Waals surface area contributed by atoms with Gasteiger partial charge in [-0.3, -0.25) is 4.90 Å². The quantitative estimate of drug-likeness (QED) is 0.471. The number of nitrogens with zero attached hydrogens (tertiary/aromatic N) is 1.